The molecule has 1 aromatic heterocycles. The van der Waals surface area contributed by atoms with Gasteiger partial charge in [0.15, 0.2) is 0 Å². The molecule has 1 aliphatic heterocycles. The Kier molecular flexibility index (Phi) is 8.38. The second-order valence-electron chi connectivity index (χ2n) is 9.25. The number of aromatic nitrogens is 2. The van der Waals surface area contributed by atoms with E-state index in [1.54, 1.807) is 0 Å². The summed E-state index contributed by atoms with van der Waals surface area (Å²) in [6.45, 7) is 4.33. The lowest BCUT2D eigenvalue weighted by Gasteiger charge is -2.33. The molecule has 0 bridgehead atoms. The summed E-state index contributed by atoms with van der Waals surface area (Å²) in [6.07, 6.45) is -1.35. The lowest BCUT2D eigenvalue weighted by atomic mass is 10.1. The Morgan fingerprint density at radius 2 is 2.03 bits per heavy atom. The Morgan fingerprint density at radius 1 is 1.30 bits per heavy atom. The minimum Gasteiger partial charge on any atom is -0.453 e. The fourth-order valence-corrected chi connectivity index (χ4v) is 4.43. The SMILES string of the molecule is COC(=O)NCCCn1cc([C@@H](C)N(C(=O)[C@H]2CNCCO2)C2CC2)nc1-c1ccc(C(F)(F)F)cc1. The van der Waals surface area contributed by atoms with Gasteiger partial charge in [0.25, 0.3) is 5.91 Å². The number of benzene rings is 1. The van der Waals surface area contributed by atoms with Crippen LogP contribution >= 0.6 is 0 Å². The molecular weight excluding hydrogens is 491 g/mol. The van der Waals surface area contributed by atoms with Gasteiger partial charge in [-0.15, -0.1) is 0 Å². The molecule has 0 unspecified atom stereocenters. The van der Waals surface area contributed by atoms with E-state index in [1.807, 2.05) is 22.6 Å². The van der Waals surface area contributed by atoms with Gasteiger partial charge in [-0.3, -0.25) is 4.79 Å². The molecule has 1 saturated heterocycles. The molecule has 2 aromatic rings. The summed E-state index contributed by atoms with van der Waals surface area (Å²) in [7, 11) is 1.28. The van der Waals surface area contributed by atoms with E-state index in [4.69, 9.17) is 9.72 Å². The van der Waals surface area contributed by atoms with E-state index in [-0.39, 0.29) is 18.0 Å². The van der Waals surface area contributed by atoms with E-state index in [9.17, 15) is 22.8 Å². The van der Waals surface area contributed by atoms with Gasteiger partial charge >= 0.3 is 12.3 Å². The normalized spacial score (nSPS) is 18.8. The number of carbonyl (C=O) groups excluding carboxylic acids is 2. The van der Waals surface area contributed by atoms with E-state index >= 15 is 0 Å². The first-order valence-electron chi connectivity index (χ1n) is 12.4. The number of nitrogens with one attached hydrogen (secondary N) is 2. The average molecular weight is 524 g/mol. The number of morpholine rings is 1. The van der Waals surface area contributed by atoms with Gasteiger partial charge in [0.2, 0.25) is 0 Å². The monoisotopic (exact) mass is 523 g/mol. The number of hydrogen-bond acceptors (Lipinski definition) is 6. The van der Waals surface area contributed by atoms with Crippen LogP contribution in [0, 0.1) is 0 Å². The molecule has 2 N–H and O–H groups in total. The maximum atomic E-state index is 13.4. The number of methoxy groups -OCH3 is 1. The fourth-order valence-electron chi connectivity index (χ4n) is 4.43. The van der Waals surface area contributed by atoms with Crippen molar-refractivity contribution in [3.63, 3.8) is 0 Å². The van der Waals surface area contributed by atoms with Crippen LogP contribution in [0.1, 0.15) is 43.5 Å². The Hall–Kier alpha value is -3.12. The summed E-state index contributed by atoms with van der Waals surface area (Å²) < 4.78 is 51.4. The van der Waals surface area contributed by atoms with Crippen molar-refractivity contribution in [3.8, 4) is 11.4 Å². The molecule has 2 heterocycles. The van der Waals surface area contributed by atoms with Crippen molar-refractivity contribution in [3.05, 3.63) is 41.7 Å². The van der Waals surface area contributed by atoms with Gasteiger partial charge in [-0.05, 0) is 38.3 Å². The average Bonchev–Trinajstić information content (AvgIpc) is 3.64. The highest BCUT2D eigenvalue weighted by molar-refractivity contribution is 5.82. The first-order chi connectivity index (χ1) is 17.7. The van der Waals surface area contributed by atoms with Crippen LogP contribution in [0.3, 0.4) is 0 Å². The minimum atomic E-state index is -4.44. The molecule has 2 fully saturated rings. The third-order valence-electron chi connectivity index (χ3n) is 6.54. The number of halogens is 3. The van der Waals surface area contributed by atoms with E-state index in [2.05, 4.69) is 15.4 Å². The van der Waals surface area contributed by atoms with Crippen LogP contribution in [0.4, 0.5) is 18.0 Å². The summed E-state index contributed by atoms with van der Waals surface area (Å²) in [4.78, 5) is 31.3. The second-order valence-corrected chi connectivity index (χ2v) is 9.25. The number of alkyl halides is 3. The molecule has 202 valence electrons. The van der Waals surface area contributed by atoms with E-state index < -0.39 is 23.9 Å². The summed E-state index contributed by atoms with van der Waals surface area (Å²) in [5.41, 5.74) is 0.424. The van der Waals surface area contributed by atoms with E-state index in [1.165, 1.54) is 19.2 Å². The largest absolute Gasteiger partial charge is 0.453 e. The molecule has 0 spiro atoms. The molecule has 2 aliphatic rings. The number of amides is 2. The predicted octanol–water partition coefficient (Wildman–Crippen LogP) is 3.36. The van der Waals surface area contributed by atoms with Gasteiger partial charge in [0, 0.05) is 44.0 Å². The van der Waals surface area contributed by atoms with Crippen LogP contribution in [-0.4, -0.2) is 71.9 Å². The molecule has 4 rings (SSSR count). The number of ether oxygens (including phenoxy) is 2. The highest BCUT2D eigenvalue weighted by Gasteiger charge is 2.40. The summed E-state index contributed by atoms with van der Waals surface area (Å²) in [5, 5.41) is 5.80. The Morgan fingerprint density at radius 3 is 2.62 bits per heavy atom. The summed E-state index contributed by atoms with van der Waals surface area (Å²) in [6, 6.07) is 4.61. The standard InChI is InChI=1S/C25H32F3N5O4/c1-16(33(19-8-9-19)23(34)21-14-29-11-13-37-21)20-15-32(12-3-10-30-24(35)36-2)22(31-20)17-4-6-18(7-5-17)25(26,27)28/h4-7,15-16,19,21,29H,3,8-14H2,1-2H3,(H,30,35)/t16-,21-/m1/s1. The van der Waals surface area contributed by atoms with Crippen LogP contribution in [0.5, 0.6) is 0 Å². The molecule has 37 heavy (non-hydrogen) atoms. The van der Waals surface area contributed by atoms with Gasteiger partial charge in [-0.25, -0.2) is 9.78 Å². The summed E-state index contributed by atoms with van der Waals surface area (Å²) in [5.74, 6) is 0.405. The van der Waals surface area contributed by atoms with Crippen LogP contribution in [0.2, 0.25) is 0 Å². The topological polar surface area (TPSA) is 97.7 Å². The molecule has 1 saturated carbocycles. The zero-order valence-electron chi connectivity index (χ0n) is 20.9. The quantitative estimate of drug-likeness (QED) is 0.490. The Bertz CT molecular complexity index is 1080. The van der Waals surface area contributed by atoms with Gasteiger partial charge in [0.05, 0.1) is 31.0 Å². The van der Waals surface area contributed by atoms with E-state index in [0.29, 0.717) is 56.3 Å². The van der Waals surface area contributed by atoms with Crippen LogP contribution < -0.4 is 10.6 Å². The van der Waals surface area contributed by atoms with Gasteiger partial charge in [0.1, 0.15) is 11.9 Å². The van der Waals surface area contributed by atoms with Crippen molar-refractivity contribution in [2.24, 2.45) is 0 Å². The third-order valence-corrected chi connectivity index (χ3v) is 6.54. The molecule has 2 amide bonds. The Labute approximate surface area is 213 Å². The maximum Gasteiger partial charge on any atom is 0.416 e. The number of alkyl carbamates (subject to hydrolysis) is 1. The molecule has 12 heteroatoms. The number of imidazole rings is 1. The molecule has 2 atom stereocenters. The van der Waals surface area contributed by atoms with Crippen LogP contribution in [0.15, 0.2) is 30.5 Å². The number of hydrogen-bond donors (Lipinski definition) is 2. The van der Waals surface area contributed by atoms with Gasteiger partial charge < -0.3 is 29.6 Å². The van der Waals surface area contributed by atoms with Gasteiger partial charge in [-0.2, -0.15) is 13.2 Å². The fraction of sp³-hybridized carbons (Fsp3) is 0.560. The number of carbonyl (C=O) groups is 2. The Balaban J connectivity index is 1.59. The molecule has 9 nitrogen and oxygen atoms in total. The first kappa shape index (κ1) is 26.9. The number of rotatable bonds is 9. The van der Waals surface area contributed by atoms with Crippen LogP contribution in [-0.2, 0) is 27.0 Å². The molecule has 1 aromatic carbocycles. The van der Waals surface area contributed by atoms with Crippen molar-refractivity contribution in [2.75, 3.05) is 33.4 Å². The second kappa shape index (κ2) is 11.5. The first-order valence-corrected chi connectivity index (χ1v) is 12.4. The zero-order valence-corrected chi connectivity index (χ0v) is 20.9. The lowest BCUT2D eigenvalue weighted by Crippen LogP contribution is -2.50. The highest BCUT2D eigenvalue weighted by Crippen LogP contribution is 2.36. The van der Waals surface area contributed by atoms with Crippen molar-refractivity contribution >= 4 is 12.0 Å². The lowest BCUT2D eigenvalue weighted by molar-refractivity contribution is -0.148. The molecule has 1 aliphatic carbocycles. The van der Waals surface area contributed by atoms with Crippen molar-refractivity contribution in [1.29, 1.82) is 0 Å². The van der Waals surface area contributed by atoms with Crippen LogP contribution in [0.25, 0.3) is 11.4 Å². The third kappa shape index (κ3) is 6.61. The zero-order chi connectivity index (χ0) is 26.6. The van der Waals surface area contributed by atoms with Gasteiger partial charge in [-0.1, -0.05) is 12.1 Å². The van der Waals surface area contributed by atoms with Crippen molar-refractivity contribution in [1.82, 2.24) is 25.1 Å². The minimum absolute atomic E-state index is 0.0879. The number of nitrogens with zero attached hydrogens (tertiary/aromatic N) is 3. The highest BCUT2D eigenvalue weighted by atomic mass is 19.4. The molecule has 0 radical (unpaired) electrons. The predicted molar refractivity (Wildman–Crippen MR) is 129 cm³/mol. The van der Waals surface area contributed by atoms with E-state index in [0.717, 1.165) is 25.0 Å². The maximum absolute atomic E-state index is 13.4. The summed E-state index contributed by atoms with van der Waals surface area (Å²) >= 11 is 0. The number of aryl methyl sites for hydroxylation is 1. The smallest absolute Gasteiger partial charge is 0.416 e. The molecular formula is C25H32F3N5O4. The van der Waals surface area contributed by atoms with Crippen molar-refractivity contribution < 1.29 is 32.2 Å². The van der Waals surface area contributed by atoms with Crippen molar-refractivity contribution in [2.45, 2.75) is 57.1 Å².